The first-order valence-electron chi connectivity index (χ1n) is 4.93. The third-order valence-electron chi connectivity index (χ3n) is 2.89. The van der Waals surface area contributed by atoms with Gasteiger partial charge in [-0.2, -0.15) is 0 Å². The summed E-state index contributed by atoms with van der Waals surface area (Å²) in [5.74, 6) is -1.31. The standard InChI is InChI=1S/C10H18FNO2/c1-9(2,3)12-6-4-10(11,5-7-12)8(13)14/h4-7H2,1-3H3,(H,13,14). The maximum absolute atomic E-state index is 13.6. The minimum Gasteiger partial charge on any atom is -0.479 e. The number of carboxylic acid groups (broad SMARTS) is 1. The Kier molecular flexibility index (Phi) is 2.86. The molecule has 0 atom stereocenters. The van der Waals surface area contributed by atoms with E-state index < -0.39 is 11.6 Å². The van der Waals surface area contributed by atoms with Gasteiger partial charge in [-0.05, 0) is 20.8 Å². The Bertz CT molecular complexity index is 227. The topological polar surface area (TPSA) is 40.5 Å². The molecule has 1 saturated heterocycles. The zero-order valence-corrected chi connectivity index (χ0v) is 9.01. The molecule has 0 amide bonds. The lowest BCUT2D eigenvalue weighted by atomic mass is 9.90. The lowest BCUT2D eigenvalue weighted by Gasteiger charge is -2.41. The summed E-state index contributed by atoms with van der Waals surface area (Å²) in [6.45, 7) is 7.20. The number of rotatable bonds is 1. The van der Waals surface area contributed by atoms with Gasteiger partial charge in [-0.15, -0.1) is 0 Å². The molecule has 1 fully saturated rings. The maximum atomic E-state index is 13.6. The van der Waals surface area contributed by atoms with Crippen LogP contribution in [0.1, 0.15) is 33.6 Å². The average Bonchev–Trinajstić information content (AvgIpc) is 2.03. The van der Waals surface area contributed by atoms with Gasteiger partial charge in [-0.25, -0.2) is 9.18 Å². The Morgan fingerprint density at radius 3 is 2.07 bits per heavy atom. The van der Waals surface area contributed by atoms with Crippen LogP contribution in [0.4, 0.5) is 4.39 Å². The van der Waals surface area contributed by atoms with Crippen molar-refractivity contribution in [2.24, 2.45) is 0 Å². The molecule has 1 heterocycles. The molecule has 1 aliphatic rings. The van der Waals surface area contributed by atoms with Crippen molar-refractivity contribution < 1.29 is 14.3 Å². The molecule has 0 radical (unpaired) electrons. The van der Waals surface area contributed by atoms with Crippen LogP contribution in [0.5, 0.6) is 0 Å². The summed E-state index contributed by atoms with van der Waals surface area (Å²) in [4.78, 5) is 12.8. The van der Waals surface area contributed by atoms with E-state index in [1.54, 1.807) is 0 Å². The number of aliphatic carboxylic acids is 1. The van der Waals surface area contributed by atoms with Crippen molar-refractivity contribution in [2.75, 3.05) is 13.1 Å². The fraction of sp³-hybridized carbons (Fsp3) is 0.900. The van der Waals surface area contributed by atoms with Gasteiger partial charge in [0, 0.05) is 31.5 Å². The van der Waals surface area contributed by atoms with Gasteiger partial charge in [0.2, 0.25) is 5.67 Å². The zero-order chi connectivity index (χ0) is 11.0. The van der Waals surface area contributed by atoms with Gasteiger partial charge >= 0.3 is 5.97 Å². The van der Waals surface area contributed by atoms with Gasteiger partial charge in [0.05, 0.1) is 0 Å². The van der Waals surface area contributed by atoms with Crippen LogP contribution in [0.15, 0.2) is 0 Å². The lowest BCUT2D eigenvalue weighted by molar-refractivity contribution is -0.155. The number of likely N-dealkylation sites (tertiary alicyclic amines) is 1. The first kappa shape index (κ1) is 11.4. The Hall–Kier alpha value is -0.640. The lowest BCUT2D eigenvalue weighted by Crippen LogP contribution is -2.52. The van der Waals surface area contributed by atoms with Crippen LogP contribution in [0.2, 0.25) is 0 Å². The number of nitrogens with zero attached hydrogens (tertiary/aromatic N) is 1. The van der Waals surface area contributed by atoms with E-state index >= 15 is 0 Å². The Morgan fingerprint density at radius 2 is 1.79 bits per heavy atom. The molecule has 1 aliphatic heterocycles. The highest BCUT2D eigenvalue weighted by Crippen LogP contribution is 2.30. The van der Waals surface area contributed by atoms with E-state index in [1.807, 2.05) is 0 Å². The Morgan fingerprint density at radius 1 is 1.36 bits per heavy atom. The van der Waals surface area contributed by atoms with Crippen LogP contribution in [-0.4, -0.2) is 40.3 Å². The number of hydrogen-bond acceptors (Lipinski definition) is 2. The van der Waals surface area contributed by atoms with Crippen molar-refractivity contribution in [1.29, 1.82) is 0 Å². The Labute approximate surface area is 83.9 Å². The van der Waals surface area contributed by atoms with E-state index in [9.17, 15) is 9.18 Å². The predicted octanol–water partition coefficient (Wildman–Crippen LogP) is 1.67. The molecule has 0 aromatic heterocycles. The number of alkyl halides is 1. The second-order valence-corrected chi connectivity index (χ2v) is 4.93. The predicted molar refractivity (Wildman–Crippen MR) is 52.0 cm³/mol. The molecule has 0 aliphatic carbocycles. The van der Waals surface area contributed by atoms with Crippen molar-refractivity contribution in [3.05, 3.63) is 0 Å². The summed E-state index contributed by atoms with van der Waals surface area (Å²) < 4.78 is 13.6. The van der Waals surface area contributed by atoms with E-state index in [4.69, 9.17) is 5.11 Å². The molecule has 1 rings (SSSR count). The first-order valence-corrected chi connectivity index (χ1v) is 4.93. The third kappa shape index (κ3) is 2.23. The molecule has 0 saturated carbocycles. The van der Waals surface area contributed by atoms with Crippen LogP contribution >= 0.6 is 0 Å². The minimum atomic E-state index is -2.00. The summed E-state index contributed by atoms with van der Waals surface area (Å²) in [7, 11) is 0. The number of hydrogen-bond donors (Lipinski definition) is 1. The first-order chi connectivity index (χ1) is 6.26. The molecule has 0 aromatic rings. The second kappa shape index (κ2) is 3.50. The summed E-state index contributed by atoms with van der Waals surface area (Å²) >= 11 is 0. The highest BCUT2D eigenvalue weighted by atomic mass is 19.1. The van der Waals surface area contributed by atoms with Gasteiger partial charge in [-0.3, -0.25) is 4.90 Å². The summed E-state index contributed by atoms with van der Waals surface area (Å²) in [5, 5.41) is 8.69. The van der Waals surface area contributed by atoms with Gasteiger partial charge in [0.15, 0.2) is 0 Å². The molecule has 0 spiro atoms. The van der Waals surface area contributed by atoms with E-state index in [0.717, 1.165) is 0 Å². The van der Waals surface area contributed by atoms with E-state index in [0.29, 0.717) is 13.1 Å². The normalized spacial score (nSPS) is 23.4. The number of carbonyl (C=O) groups is 1. The van der Waals surface area contributed by atoms with Crippen molar-refractivity contribution in [3.63, 3.8) is 0 Å². The van der Waals surface area contributed by atoms with Crippen LogP contribution in [-0.2, 0) is 4.79 Å². The minimum absolute atomic E-state index is 0.000165. The largest absolute Gasteiger partial charge is 0.479 e. The van der Waals surface area contributed by atoms with Gasteiger partial charge in [0.25, 0.3) is 0 Å². The molecule has 4 heteroatoms. The second-order valence-electron chi connectivity index (χ2n) is 4.93. The fourth-order valence-electron chi connectivity index (χ4n) is 1.75. The molecule has 1 N–H and O–H groups in total. The molecular weight excluding hydrogens is 185 g/mol. The molecule has 0 aromatic carbocycles. The molecule has 14 heavy (non-hydrogen) atoms. The molecule has 82 valence electrons. The fourth-order valence-corrected chi connectivity index (χ4v) is 1.75. The average molecular weight is 203 g/mol. The molecule has 0 unspecified atom stereocenters. The third-order valence-corrected chi connectivity index (χ3v) is 2.89. The van der Waals surface area contributed by atoms with E-state index in [1.165, 1.54) is 0 Å². The smallest absolute Gasteiger partial charge is 0.341 e. The highest BCUT2D eigenvalue weighted by molar-refractivity contribution is 5.77. The highest BCUT2D eigenvalue weighted by Gasteiger charge is 2.43. The van der Waals surface area contributed by atoms with Crippen molar-refractivity contribution in [3.8, 4) is 0 Å². The summed E-state index contributed by atoms with van der Waals surface area (Å²) in [6, 6.07) is 0. The Balaban J connectivity index is 2.59. The number of carboxylic acids is 1. The van der Waals surface area contributed by atoms with Gasteiger partial charge in [-0.1, -0.05) is 0 Å². The van der Waals surface area contributed by atoms with Crippen LogP contribution < -0.4 is 0 Å². The van der Waals surface area contributed by atoms with Crippen LogP contribution in [0, 0.1) is 0 Å². The molecule has 3 nitrogen and oxygen atoms in total. The monoisotopic (exact) mass is 203 g/mol. The van der Waals surface area contributed by atoms with Crippen molar-refractivity contribution >= 4 is 5.97 Å². The maximum Gasteiger partial charge on any atom is 0.341 e. The van der Waals surface area contributed by atoms with E-state index in [-0.39, 0.29) is 18.4 Å². The van der Waals surface area contributed by atoms with Crippen molar-refractivity contribution in [2.45, 2.75) is 44.8 Å². The van der Waals surface area contributed by atoms with Crippen LogP contribution in [0.25, 0.3) is 0 Å². The summed E-state index contributed by atoms with van der Waals surface area (Å²) in [6.07, 6.45) is 0.194. The van der Waals surface area contributed by atoms with Crippen molar-refractivity contribution in [1.82, 2.24) is 4.90 Å². The molecule has 0 bridgehead atoms. The van der Waals surface area contributed by atoms with Crippen LogP contribution in [0.3, 0.4) is 0 Å². The summed E-state index contributed by atoms with van der Waals surface area (Å²) in [5.41, 5.74) is -2.00. The number of halogens is 1. The van der Waals surface area contributed by atoms with E-state index in [2.05, 4.69) is 25.7 Å². The van der Waals surface area contributed by atoms with Gasteiger partial charge in [0.1, 0.15) is 0 Å². The van der Waals surface area contributed by atoms with Gasteiger partial charge < -0.3 is 5.11 Å². The quantitative estimate of drug-likeness (QED) is 0.704. The zero-order valence-electron chi connectivity index (χ0n) is 9.01. The number of piperidine rings is 1. The molecular formula is C10H18FNO2. The SMILES string of the molecule is CC(C)(C)N1CCC(F)(C(=O)O)CC1.